The number of carbonyl (C=O) groups excluding carboxylic acids is 2. The molecule has 1 aromatic rings. The van der Waals surface area contributed by atoms with Crippen LogP contribution in [-0.2, 0) is 9.59 Å². The number of hydrogen-bond acceptors (Lipinski definition) is 2. The lowest BCUT2D eigenvalue weighted by molar-refractivity contribution is -0.125. The highest BCUT2D eigenvalue weighted by molar-refractivity contribution is 5.93. The van der Waals surface area contributed by atoms with Gasteiger partial charge in [-0.25, -0.2) is 0 Å². The second kappa shape index (κ2) is 12.8. The van der Waals surface area contributed by atoms with Crippen LogP contribution in [0, 0.1) is 30.1 Å². The molecule has 2 fully saturated rings. The molecule has 35 heavy (non-hydrogen) atoms. The van der Waals surface area contributed by atoms with Crippen molar-refractivity contribution < 1.29 is 9.59 Å². The molecule has 0 amide bonds. The molecular weight excluding hydrogens is 428 g/mol. The van der Waals surface area contributed by atoms with E-state index in [0.29, 0.717) is 35.7 Å². The Morgan fingerprint density at radius 3 is 2.11 bits per heavy atom. The van der Waals surface area contributed by atoms with Crippen LogP contribution < -0.4 is 0 Å². The van der Waals surface area contributed by atoms with Crippen LogP contribution >= 0.6 is 0 Å². The van der Waals surface area contributed by atoms with E-state index >= 15 is 0 Å². The van der Waals surface area contributed by atoms with Gasteiger partial charge in [-0.2, -0.15) is 0 Å². The number of fused-ring (bicyclic) bond motifs is 4. The van der Waals surface area contributed by atoms with Crippen LogP contribution in [0.3, 0.4) is 0 Å². The zero-order valence-electron chi connectivity index (χ0n) is 24.0. The molecule has 4 aliphatic rings. The Bertz CT molecular complexity index is 932. The Hall–Kier alpha value is -1.96. The van der Waals surface area contributed by atoms with E-state index in [4.69, 9.17) is 0 Å². The number of ketones is 2. The van der Waals surface area contributed by atoms with Crippen molar-refractivity contribution in [1.82, 2.24) is 0 Å². The predicted octanol–water partition coefficient (Wildman–Crippen LogP) is 9.18. The largest absolute Gasteiger partial charge is 0.300 e. The topological polar surface area (TPSA) is 34.1 Å². The zero-order chi connectivity index (χ0) is 26.3. The van der Waals surface area contributed by atoms with Gasteiger partial charge < -0.3 is 0 Å². The maximum Gasteiger partial charge on any atom is 0.156 e. The average Bonchev–Trinajstić information content (AvgIpc) is 3.24. The molecule has 5 atom stereocenters. The van der Waals surface area contributed by atoms with E-state index in [1.807, 2.05) is 54.5 Å². The number of carbonyl (C=O) groups is 2. The molecular formula is C33H50O2. The van der Waals surface area contributed by atoms with E-state index in [2.05, 4.69) is 38.1 Å². The van der Waals surface area contributed by atoms with Gasteiger partial charge in [-0.1, -0.05) is 83.9 Å². The molecule has 2 saturated carbocycles. The van der Waals surface area contributed by atoms with E-state index in [-0.39, 0.29) is 11.3 Å². The van der Waals surface area contributed by atoms with Crippen LogP contribution in [0.15, 0.2) is 47.1 Å². The van der Waals surface area contributed by atoms with Crippen molar-refractivity contribution in [3.05, 3.63) is 58.2 Å². The van der Waals surface area contributed by atoms with Gasteiger partial charge in [-0.15, -0.1) is 0 Å². The van der Waals surface area contributed by atoms with Crippen LogP contribution in [0.25, 0.3) is 0 Å². The molecule has 0 aromatic heterocycles. The first-order valence-electron chi connectivity index (χ1n) is 14.4. The fourth-order valence-corrected chi connectivity index (χ4v) is 7.42. The van der Waals surface area contributed by atoms with Crippen molar-refractivity contribution in [1.29, 1.82) is 0 Å². The standard InChI is InChI=1S/C27H32O2.3C2H6/c1-16-4-6-18(7-5-16)23-15-27(3)24(17(2)28)12-13-25(27)22-10-8-19-14-20(29)9-11-21(19)26(22)23;3*1-2/h4-7,14,22-25H,8-13,15H2,1-3H3;3*1-2H3/t22?,23?,24-,25?,27?;;;/m1.../s1. The number of Topliss-reactive ketones (excluding diaryl/α,β-unsaturated/α-hetero) is 1. The Labute approximate surface area is 215 Å². The van der Waals surface area contributed by atoms with Gasteiger partial charge in [0.1, 0.15) is 5.78 Å². The summed E-state index contributed by atoms with van der Waals surface area (Å²) in [5, 5.41) is 0. The van der Waals surface area contributed by atoms with Gasteiger partial charge in [-0.05, 0) is 92.4 Å². The SMILES string of the molecule is CC.CC.CC.CC(=O)[C@H]1CCC2C3CCC4=CC(=O)CCC4=C3C(c3ccc(C)cc3)CC21C. The second-order valence-electron chi connectivity index (χ2n) is 10.2. The van der Waals surface area contributed by atoms with Gasteiger partial charge >= 0.3 is 0 Å². The van der Waals surface area contributed by atoms with Crippen LogP contribution in [0.4, 0.5) is 0 Å². The van der Waals surface area contributed by atoms with Crippen molar-refractivity contribution >= 4 is 11.6 Å². The third-order valence-corrected chi connectivity index (χ3v) is 8.70. The molecule has 0 aliphatic heterocycles. The first-order valence-corrected chi connectivity index (χ1v) is 14.4. The predicted molar refractivity (Wildman–Crippen MR) is 150 cm³/mol. The maximum absolute atomic E-state index is 12.6. The molecule has 4 aliphatic carbocycles. The molecule has 0 heterocycles. The summed E-state index contributed by atoms with van der Waals surface area (Å²) in [7, 11) is 0. The lowest BCUT2D eigenvalue weighted by Gasteiger charge is -2.52. The summed E-state index contributed by atoms with van der Waals surface area (Å²) in [5.41, 5.74) is 7.23. The van der Waals surface area contributed by atoms with Gasteiger partial charge in [0, 0.05) is 18.3 Å². The average molecular weight is 479 g/mol. The molecule has 0 radical (unpaired) electrons. The molecule has 0 bridgehead atoms. The van der Waals surface area contributed by atoms with E-state index in [0.717, 1.165) is 32.1 Å². The van der Waals surface area contributed by atoms with Crippen LogP contribution in [0.5, 0.6) is 0 Å². The van der Waals surface area contributed by atoms with E-state index in [1.165, 1.54) is 28.7 Å². The monoisotopic (exact) mass is 478 g/mol. The van der Waals surface area contributed by atoms with Crippen molar-refractivity contribution in [3.8, 4) is 0 Å². The minimum absolute atomic E-state index is 0.0990. The fourth-order valence-electron chi connectivity index (χ4n) is 7.42. The zero-order valence-corrected chi connectivity index (χ0v) is 24.0. The number of benzene rings is 1. The Balaban J connectivity index is 0.000000671. The van der Waals surface area contributed by atoms with Gasteiger partial charge in [0.25, 0.3) is 0 Å². The summed E-state index contributed by atoms with van der Waals surface area (Å²) in [6.07, 6.45) is 9.00. The van der Waals surface area contributed by atoms with Crippen molar-refractivity contribution in [2.45, 2.75) is 113 Å². The summed E-state index contributed by atoms with van der Waals surface area (Å²) in [6.45, 7) is 18.4. The minimum atomic E-state index is 0.0990. The van der Waals surface area contributed by atoms with E-state index in [1.54, 1.807) is 5.57 Å². The lowest BCUT2D eigenvalue weighted by Crippen LogP contribution is -2.44. The number of aryl methyl sites for hydroxylation is 1. The minimum Gasteiger partial charge on any atom is -0.300 e. The maximum atomic E-state index is 12.6. The Morgan fingerprint density at radius 1 is 0.886 bits per heavy atom. The van der Waals surface area contributed by atoms with Gasteiger partial charge in [0.05, 0.1) is 0 Å². The van der Waals surface area contributed by atoms with Crippen molar-refractivity contribution in [2.24, 2.45) is 23.2 Å². The van der Waals surface area contributed by atoms with Crippen LogP contribution in [0.1, 0.15) is 117 Å². The first-order chi connectivity index (χ1) is 16.9. The fraction of sp³-hybridized carbons (Fsp3) is 0.636. The van der Waals surface area contributed by atoms with Crippen molar-refractivity contribution in [2.75, 3.05) is 0 Å². The van der Waals surface area contributed by atoms with E-state index < -0.39 is 0 Å². The van der Waals surface area contributed by atoms with E-state index in [9.17, 15) is 9.59 Å². The van der Waals surface area contributed by atoms with Crippen molar-refractivity contribution in [3.63, 3.8) is 0 Å². The molecule has 0 spiro atoms. The summed E-state index contributed by atoms with van der Waals surface area (Å²) in [4.78, 5) is 24.6. The normalized spacial score (nSPS) is 30.5. The highest BCUT2D eigenvalue weighted by Gasteiger charge is 2.57. The summed E-state index contributed by atoms with van der Waals surface area (Å²) in [6, 6.07) is 9.06. The smallest absolute Gasteiger partial charge is 0.156 e. The van der Waals surface area contributed by atoms with Crippen LogP contribution in [-0.4, -0.2) is 11.6 Å². The highest BCUT2D eigenvalue weighted by Crippen LogP contribution is 2.65. The molecule has 194 valence electrons. The third-order valence-electron chi connectivity index (χ3n) is 8.70. The Morgan fingerprint density at radius 2 is 1.51 bits per heavy atom. The quantitative estimate of drug-likeness (QED) is 0.424. The van der Waals surface area contributed by atoms with Gasteiger partial charge in [0.2, 0.25) is 0 Å². The summed E-state index contributed by atoms with van der Waals surface area (Å²) < 4.78 is 0. The number of rotatable bonds is 2. The third kappa shape index (κ3) is 5.57. The number of allylic oxidation sites excluding steroid dienone is 4. The molecule has 4 unspecified atom stereocenters. The summed E-state index contributed by atoms with van der Waals surface area (Å²) >= 11 is 0. The number of hydrogen-bond donors (Lipinski definition) is 0. The molecule has 2 heteroatoms. The first kappa shape index (κ1) is 29.3. The van der Waals surface area contributed by atoms with Crippen LogP contribution in [0.2, 0.25) is 0 Å². The van der Waals surface area contributed by atoms with Gasteiger partial charge in [0.15, 0.2) is 5.78 Å². The Kier molecular flexibility index (Phi) is 10.7. The molecule has 0 N–H and O–H groups in total. The summed E-state index contributed by atoms with van der Waals surface area (Å²) in [5.74, 6) is 2.45. The van der Waals surface area contributed by atoms with Gasteiger partial charge in [-0.3, -0.25) is 9.59 Å². The highest BCUT2D eigenvalue weighted by atomic mass is 16.1. The lowest BCUT2D eigenvalue weighted by atomic mass is 9.51. The molecule has 0 saturated heterocycles. The molecule has 1 aromatic carbocycles. The molecule has 2 nitrogen and oxygen atoms in total. The second-order valence-corrected chi connectivity index (χ2v) is 10.2. The molecule has 5 rings (SSSR count).